The number of rotatable bonds is 12. The maximum absolute atomic E-state index is 14.1. The maximum Gasteiger partial charge on any atom is 0.417 e. The molecule has 1 N–H and O–H groups in total. The van der Waals surface area contributed by atoms with E-state index in [-0.39, 0.29) is 28.9 Å². The summed E-state index contributed by atoms with van der Waals surface area (Å²) in [6.45, 7) is 2.85. The van der Waals surface area contributed by atoms with Crippen LogP contribution < -0.4 is 9.62 Å². The Morgan fingerprint density at radius 1 is 0.909 bits per heavy atom. The second-order valence-corrected chi connectivity index (χ2v) is 13.6. The van der Waals surface area contributed by atoms with Crippen LogP contribution in [0.25, 0.3) is 0 Å². The lowest BCUT2D eigenvalue weighted by Crippen LogP contribution is -2.53. The van der Waals surface area contributed by atoms with Crippen molar-refractivity contribution >= 4 is 62.3 Å². The summed E-state index contributed by atoms with van der Waals surface area (Å²) >= 11 is 18.6. The first-order chi connectivity index (χ1) is 20.5. The molecule has 3 rings (SSSR count). The van der Waals surface area contributed by atoms with Gasteiger partial charge in [0.25, 0.3) is 0 Å². The molecule has 3 aromatic rings. The van der Waals surface area contributed by atoms with Gasteiger partial charge < -0.3 is 10.2 Å². The Labute approximate surface area is 269 Å². The zero-order chi connectivity index (χ0) is 32.8. The summed E-state index contributed by atoms with van der Waals surface area (Å²) in [5, 5.41) is 2.59. The van der Waals surface area contributed by atoms with Crippen LogP contribution in [0.15, 0.2) is 66.7 Å². The number of hydrogen-bond donors (Lipinski definition) is 1. The smallest absolute Gasteiger partial charge is 0.354 e. The largest absolute Gasteiger partial charge is 0.417 e. The molecule has 0 saturated carbocycles. The molecule has 0 spiro atoms. The lowest BCUT2D eigenvalue weighted by molar-refractivity contribution is -0.140. The fraction of sp³-hybridized carbons (Fsp3) is 0.333. The average molecular weight is 693 g/mol. The summed E-state index contributed by atoms with van der Waals surface area (Å²) in [4.78, 5) is 28.9. The molecule has 0 unspecified atom stereocenters. The van der Waals surface area contributed by atoms with E-state index in [0.717, 1.165) is 23.3 Å². The standard InChI is InChI=1S/C30H31Cl3F3N3O4S/c1-19(2)16-37-29(41)27(14-20-8-5-4-6-9-20)38(17-22-24(31)10-7-11-25(22)32)28(40)18-39(44(3,42)43)21-12-13-26(33)23(15-21)30(34,35)36/h4-13,15,19,27H,14,16-18H2,1-3H3,(H,37,41)/t27-/m1/s1. The number of hydrogen-bond acceptors (Lipinski definition) is 4. The summed E-state index contributed by atoms with van der Waals surface area (Å²) in [6.07, 6.45) is -4.09. The molecule has 14 heteroatoms. The highest BCUT2D eigenvalue weighted by Gasteiger charge is 2.36. The summed E-state index contributed by atoms with van der Waals surface area (Å²) in [5.74, 6) is -1.32. The van der Waals surface area contributed by atoms with Gasteiger partial charge in [0.2, 0.25) is 21.8 Å². The Hall–Kier alpha value is -2.99. The molecule has 238 valence electrons. The lowest BCUT2D eigenvalue weighted by atomic mass is 10.0. The molecule has 2 amide bonds. The molecule has 7 nitrogen and oxygen atoms in total. The maximum atomic E-state index is 14.1. The number of benzene rings is 3. The molecule has 0 fully saturated rings. The van der Waals surface area contributed by atoms with E-state index in [2.05, 4.69) is 5.32 Å². The number of alkyl halides is 3. The summed E-state index contributed by atoms with van der Waals surface area (Å²) in [7, 11) is -4.31. The number of carbonyl (C=O) groups excluding carboxylic acids is 2. The van der Waals surface area contributed by atoms with Gasteiger partial charge in [-0.2, -0.15) is 13.2 Å². The Morgan fingerprint density at radius 2 is 1.52 bits per heavy atom. The predicted octanol–water partition coefficient (Wildman–Crippen LogP) is 6.84. The van der Waals surface area contributed by atoms with Crippen molar-refractivity contribution in [2.45, 2.75) is 39.0 Å². The minimum absolute atomic E-state index is 0.0383. The number of carbonyl (C=O) groups is 2. The van der Waals surface area contributed by atoms with Crippen molar-refractivity contribution in [1.82, 2.24) is 10.2 Å². The monoisotopic (exact) mass is 691 g/mol. The van der Waals surface area contributed by atoms with E-state index in [9.17, 15) is 31.2 Å². The van der Waals surface area contributed by atoms with Gasteiger partial charge in [-0.3, -0.25) is 13.9 Å². The quantitative estimate of drug-likeness (QED) is 0.225. The lowest BCUT2D eigenvalue weighted by Gasteiger charge is -2.34. The molecule has 0 heterocycles. The molecule has 0 aromatic heterocycles. The number of anilines is 1. The van der Waals surface area contributed by atoms with Crippen molar-refractivity contribution in [3.63, 3.8) is 0 Å². The van der Waals surface area contributed by atoms with E-state index >= 15 is 0 Å². The number of sulfonamides is 1. The van der Waals surface area contributed by atoms with Crippen LogP contribution in [0.2, 0.25) is 15.1 Å². The highest BCUT2D eigenvalue weighted by molar-refractivity contribution is 7.92. The van der Waals surface area contributed by atoms with Gasteiger partial charge in [-0.1, -0.05) is 85.0 Å². The second kappa shape index (κ2) is 14.9. The number of halogens is 6. The van der Waals surface area contributed by atoms with Crippen molar-refractivity contribution in [1.29, 1.82) is 0 Å². The SMILES string of the molecule is CC(C)CNC(=O)[C@@H](Cc1ccccc1)N(Cc1c(Cl)cccc1Cl)C(=O)CN(c1ccc(Cl)c(C(F)(F)F)c1)S(C)(=O)=O. The minimum atomic E-state index is -4.89. The molecular weight excluding hydrogens is 662 g/mol. The molecule has 0 aliphatic carbocycles. The Morgan fingerprint density at radius 3 is 2.07 bits per heavy atom. The second-order valence-electron chi connectivity index (χ2n) is 10.5. The Balaban J connectivity index is 2.14. The molecule has 0 bridgehead atoms. The van der Waals surface area contributed by atoms with E-state index in [1.165, 1.54) is 0 Å². The van der Waals surface area contributed by atoms with E-state index < -0.39 is 56.9 Å². The fourth-order valence-electron chi connectivity index (χ4n) is 4.33. The average Bonchev–Trinajstić information content (AvgIpc) is 2.93. The van der Waals surface area contributed by atoms with Crippen LogP contribution in [-0.4, -0.2) is 50.5 Å². The summed E-state index contributed by atoms with van der Waals surface area (Å²) in [6, 6.07) is 14.9. The molecule has 44 heavy (non-hydrogen) atoms. The third-order valence-corrected chi connectivity index (χ3v) is 8.75. The van der Waals surface area contributed by atoms with Crippen molar-refractivity contribution in [3.8, 4) is 0 Å². The van der Waals surface area contributed by atoms with Crippen LogP contribution in [0.3, 0.4) is 0 Å². The van der Waals surface area contributed by atoms with Crippen LogP contribution in [0.1, 0.15) is 30.5 Å². The van der Waals surface area contributed by atoms with Crippen molar-refractivity contribution in [2.24, 2.45) is 5.92 Å². The van der Waals surface area contributed by atoms with E-state index in [0.29, 0.717) is 28.0 Å². The van der Waals surface area contributed by atoms with Gasteiger partial charge >= 0.3 is 6.18 Å². The normalized spacial score (nSPS) is 12.6. The zero-order valence-electron chi connectivity index (χ0n) is 24.0. The van der Waals surface area contributed by atoms with Crippen molar-refractivity contribution in [3.05, 3.63) is 98.5 Å². The van der Waals surface area contributed by atoms with E-state index in [1.807, 2.05) is 13.8 Å². The Kier molecular flexibility index (Phi) is 12.0. The molecule has 0 radical (unpaired) electrons. The molecule has 0 aliphatic rings. The van der Waals surface area contributed by atoms with Gasteiger partial charge in [-0.15, -0.1) is 0 Å². The number of nitrogens with one attached hydrogen (secondary N) is 1. The fourth-order valence-corrected chi connectivity index (χ4v) is 5.91. The number of nitrogens with zero attached hydrogens (tertiary/aromatic N) is 2. The van der Waals surface area contributed by atoms with Gasteiger partial charge in [0.15, 0.2) is 0 Å². The zero-order valence-corrected chi connectivity index (χ0v) is 27.1. The summed E-state index contributed by atoms with van der Waals surface area (Å²) < 4.78 is 67.2. The summed E-state index contributed by atoms with van der Waals surface area (Å²) in [5.41, 5.74) is -0.701. The van der Waals surface area contributed by atoms with Gasteiger partial charge in [-0.25, -0.2) is 8.42 Å². The highest BCUT2D eigenvalue weighted by atomic mass is 35.5. The first kappa shape index (κ1) is 35.5. The van der Waals surface area contributed by atoms with E-state index in [4.69, 9.17) is 34.8 Å². The molecular formula is C30H31Cl3F3N3O4S. The van der Waals surface area contributed by atoms with Gasteiger partial charge in [0, 0.05) is 35.1 Å². The van der Waals surface area contributed by atoms with Crippen molar-refractivity contribution in [2.75, 3.05) is 23.7 Å². The molecule has 0 aliphatic heterocycles. The van der Waals surface area contributed by atoms with Gasteiger partial charge in [-0.05, 0) is 41.8 Å². The van der Waals surface area contributed by atoms with Crippen LogP contribution in [0.4, 0.5) is 18.9 Å². The predicted molar refractivity (Wildman–Crippen MR) is 167 cm³/mol. The third kappa shape index (κ3) is 9.50. The first-order valence-corrected chi connectivity index (χ1v) is 16.4. The Bertz CT molecular complexity index is 1570. The molecule has 1 atom stereocenters. The molecule has 0 saturated heterocycles. The third-order valence-electron chi connectivity index (χ3n) is 6.57. The van der Waals surface area contributed by atoms with Crippen LogP contribution in [0.5, 0.6) is 0 Å². The minimum Gasteiger partial charge on any atom is -0.354 e. The van der Waals surface area contributed by atoms with Crippen molar-refractivity contribution < 1.29 is 31.2 Å². The van der Waals surface area contributed by atoms with Crippen LogP contribution >= 0.6 is 34.8 Å². The number of amides is 2. The van der Waals surface area contributed by atoms with E-state index in [1.54, 1.807) is 48.5 Å². The van der Waals surface area contributed by atoms with Gasteiger partial charge in [0.05, 0.1) is 22.5 Å². The topological polar surface area (TPSA) is 86.8 Å². The molecule has 3 aromatic carbocycles. The van der Waals surface area contributed by atoms with Gasteiger partial charge in [0.1, 0.15) is 12.6 Å². The van der Waals surface area contributed by atoms with Crippen LogP contribution in [-0.2, 0) is 38.8 Å². The highest BCUT2D eigenvalue weighted by Crippen LogP contribution is 2.37. The van der Waals surface area contributed by atoms with Crippen LogP contribution in [0, 0.1) is 5.92 Å². The first-order valence-electron chi connectivity index (χ1n) is 13.4.